The van der Waals surface area contributed by atoms with Gasteiger partial charge in [-0.2, -0.15) is 0 Å². The molecule has 0 heterocycles. The quantitative estimate of drug-likeness (QED) is 0.199. The van der Waals surface area contributed by atoms with E-state index < -0.39 is 46.6 Å². The van der Waals surface area contributed by atoms with E-state index in [9.17, 15) is 24.0 Å². The topological polar surface area (TPSA) is 207 Å². The summed E-state index contributed by atoms with van der Waals surface area (Å²) >= 11 is 0. The second-order valence-corrected chi connectivity index (χ2v) is 9.39. The van der Waals surface area contributed by atoms with E-state index >= 15 is 0 Å². The highest BCUT2D eigenvalue weighted by Gasteiger charge is 2.33. The minimum Gasteiger partial charge on any atom is -0.513 e. The fourth-order valence-corrected chi connectivity index (χ4v) is 1.51. The normalized spacial score (nSPS) is 14.2. The van der Waals surface area contributed by atoms with Gasteiger partial charge in [-0.25, -0.2) is 0 Å². The van der Waals surface area contributed by atoms with Crippen molar-refractivity contribution in [2.24, 2.45) is 28.6 Å². The van der Waals surface area contributed by atoms with E-state index in [4.69, 9.17) is 30.6 Å². The molecule has 0 fully saturated rings. The van der Waals surface area contributed by atoms with Crippen molar-refractivity contribution in [3.8, 4) is 0 Å². The Labute approximate surface area is 213 Å². The second kappa shape index (κ2) is 19.1. The first-order valence-corrected chi connectivity index (χ1v) is 11.6. The lowest BCUT2D eigenvalue weighted by Crippen LogP contribution is -2.29. The average molecular weight is 523 g/mol. The van der Waals surface area contributed by atoms with Gasteiger partial charge < -0.3 is 30.6 Å². The van der Waals surface area contributed by atoms with Gasteiger partial charge in [0.15, 0.2) is 0 Å². The molecule has 212 valence electrons. The molecule has 0 spiro atoms. The number of aliphatic carboxylic acids is 5. The molecule has 36 heavy (non-hydrogen) atoms. The number of carboxylic acid groups (broad SMARTS) is 5. The van der Waals surface area contributed by atoms with Crippen LogP contribution in [0.3, 0.4) is 0 Å². The first-order valence-electron chi connectivity index (χ1n) is 11.6. The van der Waals surface area contributed by atoms with Crippen LogP contribution < -0.4 is 0 Å². The molecule has 0 bridgehead atoms. The molecule has 0 radical (unpaired) electrons. The van der Waals surface area contributed by atoms with Gasteiger partial charge in [0, 0.05) is 5.92 Å². The highest BCUT2D eigenvalue weighted by Crippen LogP contribution is 2.25. The van der Waals surface area contributed by atoms with Crippen LogP contribution in [-0.2, 0) is 24.0 Å². The van der Waals surface area contributed by atoms with Gasteiger partial charge in [0.1, 0.15) is 0 Å². The van der Waals surface area contributed by atoms with Crippen LogP contribution in [0.1, 0.15) is 88.0 Å². The third-order valence-electron chi connectivity index (χ3n) is 6.00. The molecule has 4 unspecified atom stereocenters. The number of rotatable bonds is 11. The van der Waals surface area contributed by atoms with Gasteiger partial charge in [0.25, 0.3) is 0 Å². The van der Waals surface area contributed by atoms with Crippen LogP contribution in [0.15, 0.2) is 12.3 Å². The number of hydrogen-bond donors (Lipinski definition) is 6. The maximum atomic E-state index is 10.5. The minimum absolute atomic E-state index is 0.0742. The van der Waals surface area contributed by atoms with Crippen molar-refractivity contribution in [3.05, 3.63) is 12.3 Å². The number of allylic oxidation sites excluding steroid dienone is 1. The second-order valence-electron chi connectivity index (χ2n) is 9.39. The first kappa shape index (κ1) is 40.1. The number of aliphatic hydroxyl groups excluding tert-OH is 1. The number of carbonyl (C=O) groups is 5. The lowest BCUT2D eigenvalue weighted by Gasteiger charge is -2.19. The lowest BCUT2D eigenvalue weighted by atomic mass is 9.84. The Hall–Kier alpha value is -3.11. The van der Waals surface area contributed by atoms with Gasteiger partial charge in [-0.1, -0.05) is 48.1 Å². The molecule has 0 amide bonds. The Morgan fingerprint density at radius 1 is 0.694 bits per heavy atom. The molecular formula is C25H46O11. The summed E-state index contributed by atoms with van der Waals surface area (Å²) in [4.78, 5) is 51.2. The standard InChI is InChI=1S/C7H12O4.C7H12O3.C6H12O2.C5H10O2/c1-3-7(2,6(10)11)4-5(8)9;1-4(6(3)8)5(2)7(9)10;1-4-6(2,3)5(7)8;1-3-4(2)5(6)7/h3-4H2,1-2H3,(H,8,9)(H,10,11);4-5,8H,3H2,1-2H3,(H,9,10);4H2,1-3H3,(H,7,8);4H,3H2,1-2H3,(H,6,7). The molecule has 0 rings (SSSR count). The number of aliphatic hydroxyl groups is 1. The summed E-state index contributed by atoms with van der Waals surface area (Å²) in [5, 5.41) is 50.8. The summed E-state index contributed by atoms with van der Waals surface area (Å²) in [7, 11) is 0. The van der Waals surface area contributed by atoms with E-state index in [0.717, 1.165) is 6.42 Å². The summed E-state index contributed by atoms with van der Waals surface area (Å²) < 4.78 is 0. The van der Waals surface area contributed by atoms with Crippen molar-refractivity contribution >= 4 is 29.8 Å². The van der Waals surface area contributed by atoms with Crippen LogP contribution in [0, 0.1) is 28.6 Å². The highest BCUT2D eigenvalue weighted by atomic mass is 16.4. The predicted octanol–water partition coefficient (Wildman–Crippen LogP) is 5.00. The molecule has 11 nitrogen and oxygen atoms in total. The Morgan fingerprint density at radius 3 is 1.17 bits per heavy atom. The monoisotopic (exact) mass is 522 g/mol. The largest absolute Gasteiger partial charge is 0.513 e. The third kappa shape index (κ3) is 19.2. The Morgan fingerprint density at radius 2 is 1.11 bits per heavy atom. The van der Waals surface area contributed by atoms with Gasteiger partial charge >= 0.3 is 29.8 Å². The fourth-order valence-electron chi connectivity index (χ4n) is 1.51. The Bertz CT molecular complexity index is 710. The van der Waals surface area contributed by atoms with E-state index in [2.05, 4.69) is 6.58 Å². The van der Waals surface area contributed by atoms with Crippen LogP contribution in [-0.4, -0.2) is 60.5 Å². The molecule has 0 aliphatic rings. The van der Waals surface area contributed by atoms with Gasteiger partial charge in [0.2, 0.25) is 0 Å². The van der Waals surface area contributed by atoms with Gasteiger partial charge in [0.05, 0.1) is 34.8 Å². The van der Waals surface area contributed by atoms with Gasteiger partial charge in [-0.05, 0) is 40.0 Å². The van der Waals surface area contributed by atoms with E-state index in [-0.39, 0.29) is 24.0 Å². The summed E-state index contributed by atoms with van der Waals surface area (Å²) in [6.07, 6.45) is 1.41. The zero-order valence-corrected chi connectivity index (χ0v) is 23.0. The fraction of sp³-hybridized carbons (Fsp3) is 0.720. The van der Waals surface area contributed by atoms with Crippen molar-refractivity contribution in [3.63, 3.8) is 0 Å². The Kier molecular flexibility index (Phi) is 21.3. The van der Waals surface area contributed by atoms with Crippen LogP contribution in [0.5, 0.6) is 0 Å². The smallest absolute Gasteiger partial charge is 0.309 e. The van der Waals surface area contributed by atoms with Crippen molar-refractivity contribution in [1.82, 2.24) is 0 Å². The van der Waals surface area contributed by atoms with E-state index in [1.54, 1.807) is 34.6 Å². The Balaban J connectivity index is -0.000000192. The molecule has 0 aliphatic heterocycles. The minimum atomic E-state index is -1.12. The van der Waals surface area contributed by atoms with E-state index in [1.165, 1.54) is 13.8 Å². The number of carboxylic acids is 5. The SMILES string of the molecule is C=C(O)C(C)C(C)C(=O)O.CCC(C)(C)C(=O)O.CCC(C)(CC(=O)O)C(=O)O.CCC(C)C(=O)O. The van der Waals surface area contributed by atoms with Crippen LogP contribution in [0.4, 0.5) is 0 Å². The number of hydrogen-bond acceptors (Lipinski definition) is 6. The molecule has 0 saturated heterocycles. The molecule has 11 heteroatoms. The van der Waals surface area contributed by atoms with Crippen molar-refractivity contribution < 1.29 is 54.6 Å². The van der Waals surface area contributed by atoms with Gasteiger partial charge in [-0.15, -0.1) is 0 Å². The molecular weight excluding hydrogens is 476 g/mol. The summed E-state index contributed by atoms with van der Waals surface area (Å²) in [6.45, 7) is 18.4. The maximum absolute atomic E-state index is 10.5. The zero-order chi connectivity index (χ0) is 30.0. The predicted molar refractivity (Wildman–Crippen MR) is 135 cm³/mol. The molecule has 0 aromatic rings. The molecule has 0 aliphatic carbocycles. The van der Waals surface area contributed by atoms with Crippen LogP contribution in [0.25, 0.3) is 0 Å². The maximum Gasteiger partial charge on any atom is 0.309 e. The molecule has 0 aromatic heterocycles. The summed E-state index contributed by atoms with van der Waals surface area (Å²) in [5.41, 5.74) is -1.66. The first-order chi connectivity index (χ1) is 16.1. The van der Waals surface area contributed by atoms with Crippen molar-refractivity contribution in [2.45, 2.75) is 88.0 Å². The van der Waals surface area contributed by atoms with Crippen LogP contribution >= 0.6 is 0 Å². The van der Waals surface area contributed by atoms with Gasteiger partial charge in [-0.3, -0.25) is 24.0 Å². The summed E-state index contributed by atoms with van der Waals surface area (Å²) in [6, 6.07) is 0. The van der Waals surface area contributed by atoms with Crippen molar-refractivity contribution in [2.75, 3.05) is 0 Å². The highest BCUT2D eigenvalue weighted by molar-refractivity contribution is 5.80. The van der Waals surface area contributed by atoms with Crippen LogP contribution in [0.2, 0.25) is 0 Å². The lowest BCUT2D eigenvalue weighted by molar-refractivity contribution is -0.154. The van der Waals surface area contributed by atoms with E-state index in [0.29, 0.717) is 12.8 Å². The zero-order valence-electron chi connectivity index (χ0n) is 23.0. The molecule has 6 N–H and O–H groups in total. The molecule has 0 aromatic carbocycles. The van der Waals surface area contributed by atoms with Crippen molar-refractivity contribution in [1.29, 1.82) is 0 Å². The van der Waals surface area contributed by atoms with E-state index in [1.807, 2.05) is 13.8 Å². The molecule has 4 atom stereocenters. The third-order valence-corrected chi connectivity index (χ3v) is 6.00. The average Bonchev–Trinajstić information content (AvgIpc) is 2.77. The molecule has 0 saturated carbocycles. The summed E-state index contributed by atoms with van der Waals surface area (Å²) in [5.74, 6) is -5.67.